The lowest BCUT2D eigenvalue weighted by Crippen LogP contribution is -2.21. The molecule has 1 saturated heterocycles. The van der Waals surface area contributed by atoms with Gasteiger partial charge in [-0.15, -0.1) is 0 Å². The molecule has 16 heavy (non-hydrogen) atoms. The summed E-state index contributed by atoms with van der Waals surface area (Å²) >= 11 is 0. The second kappa shape index (κ2) is 4.76. The molecule has 1 fully saturated rings. The van der Waals surface area contributed by atoms with Crippen LogP contribution in [0, 0.1) is 6.92 Å². The number of anilines is 1. The molecular weight excluding hydrogens is 204 g/mol. The maximum atomic E-state index is 9.69. The van der Waals surface area contributed by atoms with Gasteiger partial charge in [-0.25, -0.2) is 9.97 Å². The van der Waals surface area contributed by atoms with E-state index in [0.29, 0.717) is 11.5 Å². The lowest BCUT2D eigenvalue weighted by Gasteiger charge is -2.18. The number of hydrogen-bond donors (Lipinski definition) is 2. The van der Waals surface area contributed by atoms with Crippen LogP contribution in [-0.2, 0) is 0 Å². The van der Waals surface area contributed by atoms with Crippen molar-refractivity contribution in [2.24, 2.45) is 5.73 Å². The molecule has 1 aromatic heterocycles. The molecule has 2 rings (SSSR count). The number of nitrogens with zero attached hydrogens (tertiary/aromatic N) is 3. The lowest BCUT2D eigenvalue weighted by molar-refractivity contribution is 0.181. The molecule has 0 aromatic carbocycles. The summed E-state index contributed by atoms with van der Waals surface area (Å²) < 4.78 is 0. The minimum Gasteiger partial charge on any atom is -0.385 e. The summed E-state index contributed by atoms with van der Waals surface area (Å²) in [5, 5.41) is 9.69. The van der Waals surface area contributed by atoms with Crippen molar-refractivity contribution in [2.75, 3.05) is 24.5 Å². The Kier molecular flexibility index (Phi) is 3.36. The molecule has 0 bridgehead atoms. The highest BCUT2D eigenvalue weighted by Gasteiger charge is 2.16. The van der Waals surface area contributed by atoms with Crippen LogP contribution in [0.15, 0.2) is 6.07 Å². The standard InChI is InChI=1S/C11H18N4O/c1-8-13-9(10(16)7-12)6-11(14-8)15-4-2-3-5-15/h6,10,16H,2-5,7,12H2,1H3. The third kappa shape index (κ3) is 2.31. The summed E-state index contributed by atoms with van der Waals surface area (Å²) in [5.74, 6) is 1.60. The molecule has 0 saturated carbocycles. The molecule has 3 N–H and O–H groups in total. The zero-order chi connectivity index (χ0) is 11.5. The first-order chi connectivity index (χ1) is 7.70. The first-order valence-corrected chi connectivity index (χ1v) is 5.69. The van der Waals surface area contributed by atoms with E-state index >= 15 is 0 Å². The van der Waals surface area contributed by atoms with E-state index in [4.69, 9.17) is 5.73 Å². The molecule has 1 aliphatic rings. The molecule has 1 aliphatic heterocycles. The highest BCUT2D eigenvalue weighted by Crippen LogP contribution is 2.20. The Labute approximate surface area is 95.3 Å². The van der Waals surface area contributed by atoms with Gasteiger partial charge < -0.3 is 15.7 Å². The highest BCUT2D eigenvalue weighted by atomic mass is 16.3. The van der Waals surface area contributed by atoms with Crippen molar-refractivity contribution < 1.29 is 5.11 Å². The maximum Gasteiger partial charge on any atom is 0.132 e. The summed E-state index contributed by atoms with van der Waals surface area (Å²) in [6, 6.07) is 1.84. The molecule has 1 aromatic rings. The highest BCUT2D eigenvalue weighted by molar-refractivity contribution is 5.41. The van der Waals surface area contributed by atoms with Crippen LogP contribution in [0.1, 0.15) is 30.5 Å². The summed E-state index contributed by atoms with van der Waals surface area (Å²) in [5.41, 5.74) is 6.06. The zero-order valence-electron chi connectivity index (χ0n) is 9.56. The number of aliphatic hydroxyl groups is 1. The Morgan fingerprint density at radius 2 is 2.12 bits per heavy atom. The van der Waals surface area contributed by atoms with Crippen molar-refractivity contribution in [3.05, 3.63) is 17.6 Å². The number of aryl methyl sites for hydroxylation is 1. The normalized spacial score (nSPS) is 17.8. The minimum absolute atomic E-state index is 0.190. The fraction of sp³-hybridized carbons (Fsp3) is 0.636. The SMILES string of the molecule is Cc1nc(C(O)CN)cc(N2CCCC2)n1. The molecule has 5 heteroatoms. The molecule has 1 unspecified atom stereocenters. The average molecular weight is 222 g/mol. The van der Waals surface area contributed by atoms with Crippen LogP contribution in [0.25, 0.3) is 0 Å². The van der Waals surface area contributed by atoms with Crippen LogP contribution >= 0.6 is 0 Å². The van der Waals surface area contributed by atoms with E-state index < -0.39 is 6.10 Å². The topological polar surface area (TPSA) is 75.3 Å². The van der Waals surface area contributed by atoms with Gasteiger partial charge in [-0.2, -0.15) is 0 Å². The van der Waals surface area contributed by atoms with Gasteiger partial charge in [0, 0.05) is 25.7 Å². The summed E-state index contributed by atoms with van der Waals surface area (Å²) in [6.07, 6.45) is 1.72. The molecule has 0 aliphatic carbocycles. The number of nitrogens with two attached hydrogens (primary N) is 1. The number of aliphatic hydroxyl groups excluding tert-OH is 1. The molecule has 5 nitrogen and oxygen atoms in total. The molecule has 88 valence electrons. The van der Waals surface area contributed by atoms with E-state index in [-0.39, 0.29) is 6.54 Å². The fourth-order valence-electron chi connectivity index (χ4n) is 1.97. The van der Waals surface area contributed by atoms with Crippen molar-refractivity contribution in [3.63, 3.8) is 0 Å². The quantitative estimate of drug-likeness (QED) is 0.773. The predicted molar refractivity (Wildman–Crippen MR) is 62.2 cm³/mol. The van der Waals surface area contributed by atoms with Gasteiger partial charge in [0.25, 0.3) is 0 Å². The van der Waals surface area contributed by atoms with Crippen LogP contribution < -0.4 is 10.6 Å². The molecule has 1 atom stereocenters. The van der Waals surface area contributed by atoms with Gasteiger partial charge in [-0.05, 0) is 19.8 Å². The Balaban J connectivity index is 2.27. The predicted octanol–water partition coefficient (Wildman–Crippen LogP) is 0.377. The van der Waals surface area contributed by atoms with E-state index in [9.17, 15) is 5.11 Å². The zero-order valence-corrected chi connectivity index (χ0v) is 9.56. The second-order valence-electron chi connectivity index (χ2n) is 4.14. The van der Waals surface area contributed by atoms with Crippen LogP contribution in [-0.4, -0.2) is 34.7 Å². The van der Waals surface area contributed by atoms with Crippen LogP contribution in [0.2, 0.25) is 0 Å². The van der Waals surface area contributed by atoms with Crippen LogP contribution in [0.5, 0.6) is 0 Å². The smallest absolute Gasteiger partial charge is 0.132 e. The van der Waals surface area contributed by atoms with Crippen molar-refractivity contribution in [1.82, 2.24) is 9.97 Å². The summed E-state index contributed by atoms with van der Waals surface area (Å²) in [6.45, 7) is 4.10. The Bertz CT molecular complexity index is 363. The van der Waals surface area contributed by atoms with E-state index in [2.05, 4.69) is 14.9 Å². The first kappa shape index (κ1) is 11.3. The molecule has 0 radical (unpaired) electrons. The van der Waals surface area contributed by atoms with Gasteiger partial charge in [-0.3, -0.25) is 0 Å². The van der Waals surface area contributed by atoms with Gasteiger partial charge in [0.1, 0.15) is 17.7 Å². The van der Waals surface area contributed by atoms with E-state index in [1.165, 1.54) is 12.8 Å². The molecule has 2 heterocycles. The molecule has 0 spiro atoms. The first-order valence-electron chi connectivity index (χ1n) is 5.69. The third-order valence-corrected chi connectivity index (χ3v) is 2.84. The van der Waals surface area contributed by atoms with Crippen molar-refractivity contribution in [3.8, 4) is 0 Å². The second-order valence-corrected chi connectivity index (χ2v) is 4.14. The average Bonchev–Trinajstić information content (AvgIpc) is 2.80. The maximum absolute atomic E-state index is 9.69. The van der Waals surface area contributed by atoms with Crippen molar-refractivity contribution >= 4 is 5.82 Å². The lowest BCUT2D eigenvalue weighted by atomic mass is 10.2. The van der Waals surface area contributed by atoms with Gasteiger partial charge in [0.15, 0.2) is 0 Å². The van der Waals surface area contributed by atoms with Crippen LogP contribution in [0.4, 0.5) is 5.82 Å². The Morgan fingerprint density at radius 3 is 2.75 bits per heavy atom. The summed E-state index contributed by atoms with van der Waals surface area (Å²) in [7, 11) is 0. The van der Waals surface area contributed by atoms with Crippen molar-refractivity contribution in [1.29, 1.82) is 0 Å². The largest absolute Gasteiger partial charge is 0.385 e. The Hall–Kier alpha value is -1.20. The fourth-order valence-corrected chi connectivity index (χ4v) is 1.97. The van der Waals surface area contributed by atoms with Gasteiger partial charge >= 0.3 is 0 Å². The molecular formula is C11H18N4O. The van der Waals surface area contributed by atoms with Gasteiger partial charge in [-0.1, -0.05) is 0 Å². The molecule has 0 amide bonds. The number of rotatable bonds is 3. The number of hydrogen-bond acceptors (Lipinski definition) is 5. The van der Waals surface area contributed by atoms with E-state index in [1.54, 1.807) is 0 Å². The van der Waals surface area contributed by atoms with Crippen LogP contribution in [0.3, 0.4) is 0 Å². The monoisotopic (exact) mass is 222 g/mol. The minimum atomic E-state index is -0.692. The van der Waals surface area contributed by atoms with Crippen molar-refractivity contribution in [2.45, 2.75) is 25.9 Å². The van der Waals surface area contributed by atoms with Gasteiger partial charge in [0.2, 0.25) is 0 Å². The van der Waals surface area contributed by atoms with Gasteiger partial charge in [0.05, 0.1) is 5.69 Å². The van der Waals surface area contributed by atoms with E-state index in [1.807, 2.05) is 13.0 Å². The summed E-state index contributed by atoms with van der Waals surface area (Å²) in [4.78, 5) is 10.8. The third-order valence-electron chi connectivity index (χ3n) is 2.84. The van der Waals surface area contributed by atoms with E-state index in [0.717, 1.165) is 18.9 Å². The Morgan fingerprint density at radius 1 is 1.44 bits per heavy atom. The number of aromatic nitrogens is 2.